The molecule has 1 amide bonds. The molecular weight excluding hydrogens is 271 g/mol. The van der Waals surface area contributed by atoms with Gasteiger partial charge in [-0.15, -0.1) is 6.58 Å². The lowest BCUT2D eigenvalue weighted by molar-refractivity contribution is -0.384. The summed E-state index contributed by atoms with van der Waals surface area (Å²) in [6.45, 7) is 2.59. The lowest BCUT2D eigenvalue weighted by Crippen LogP contribution is -2.36. The fourth-order valence-electron chi connectivity index (χ4n) is 1.50. The summed E-state index contributed by atoms with van der Waals surface area (Å²) in [5.41, 5.74) is -1.01. The molecule has 7 nitrogen and oxygen atoms in total. The highest BCUT2D eigenvalue weighted by Crippen LogP contribution is 2.18. The third-order valence-electron chi connectivity index (χ3n) is 2.35. The molecule has 106 valence electrons. The molecule has 0 radical (unpaired) electrons. The number of hydrogen-bond donors (Lipinski definition) is 1. The second kappa shape index (κ2) is 6.41. The SMILES string of the molecule is C=CCN(CC(=O)O)C(=O)c1cc([N+](=O)[O-])ccc1F. The van der Waals surface area contributed by atoms with Crippen molar-refractivity contribution in [2.45, 2.75) is 0 Å². The van der Waals surface area contributed by atoms with Crippen LogP contribution in [-0.2, 0) is 4.79 Å². The van der Waals surface area contributed by atoms with Gasteiger partial charge in [-0.05, 0) is 6.07 Å². The fraction of sp³-hybridized carbons (Fsp3) is 0.167. The molecule has 0 atom stereocenters. The average Bonchev–Trinajstić information content (AvgIpc) is 2.37. The van der Waals surface area contributed by atoms with E-state index in [9.17, 15) is 24.1 Å². The molecule has 8 heteroatoms. The molecule has 1 aromatic carbocycles. The molecule has 0 aromatic heterocycles. The summed E-state index contributed by atoms with van der Waals surface area (Å²) in [4.78, 5) is 33.3. The molecule has 0 aliphatic heterocycles. The van der Waals surface area contributed by atoms with E-state index >= 15 is 0 Å². The van der Waals surface area contributed by atoms with Crippen LogP contribution < -0.4 is 0 Å². The Labute approximate surface area is 113 Å². The van der Waals surface area contributed by atoms with Crippen LogP contribution >= 0.6 is 0 Å². The Balaban J connectivity index is 3.16. The molecule has 0 bridgehead atoms. The van der Waals surface area contributed by atoms with Gasteiger partial charge < -0.3 is 10.0 Å². The third kappa shape index (κ3) is 3.61. The zero-order valence-corrected chi connectivity index (χ0v) is 10.3. The van der Waals surface area contributed by atoms with Crippen molar-refractivity contribution in [2.24, 2.45) is 0 Å². The number of hydrogen-bond acceptors (Lipinski definition) is 4. The molecule has 0 saturated heterocycles. The first-order chi connectivity index (χ1) is 9.36. The zero-order chi connectivity index (χ0) is 15.3. The molecular formula is C12H11FN2O5. The Morgan fingerprint density at radius 3 is 2.65 bits per heavy atom. The maximum absolute atomic E-state index is 13.6. The van der Waals surface area contributed by atoms with Crippen LogP contribution in [0.2, 0.25) is 0 Å². The first-order valence-electron chi connectivity index (χ1n) is 5.42. The van der Waals surface area contributed by atoms with Crippen molar-refractivity contribution in [2.75, 3.05) is 13.1 Å². The smallest absolute Gasteiger partial charge is 0.323 e. The van der Waals surface area contributed by atoms with E-state index in [4.69, 9.17) is 5.11 Å². The number of carbonyl (C=O) groups excluding carboxylic acids is 1. The number of carboxylic acids is 1. The number of carbonyl (C=O) groups is 2. The number of nitro benzene ring substituents is 1. The maximum atomic E-state index is 13.6. The van der Waals surface area contributed by atoms with Crippen LogP contribution in [0.15, 0.2) is 30.9 Å². The van der Waals surface area contributed by atoms with Crippen LogP contribution in [0.4, 0.5) is 10.1 Å². The summed E-state index contributed by atoms with van der Waals surface area (Å²) in [6, 6.07) is 2.48. The second-order valence-electron chi connectivity index (χ2n) is 3.79. The van der Waals surface area contributed by atoms with Gasteiger partial charge in [-0.2, -0.15) is 0 Å². The highest BCUT2D eigenvalue weighted by Gasteiger charge is 2.23. The molecule has 0 heterocycles. The number of aliphatic carboxylic acids is 1. The first-order valence-corrected chi connectivity index (χ1v) is 5.42. The molecule has 0 fully saturated rings. The van der Waals surface area contributed by atoms with Gasteiger partial charge >= 0.3 is 5.97 Å². The number of non-ortho nitro benzene ring substituents is 1. The monoisotopic (exact) mass is 282 g/mol. The highest BCUT2D eigenvalue weighted by molar-refractivity contribution is 5.96. The standard InChI is InChI=1S/C12H11FN2O5/c1-2-5-14(7-11(16)17)12(18)9-6-8(15(19)20)3-4-10(9)13/h2-4,6H,1,5,7H2,(H,16,17). The molecule has 0 unspecified atom stereocenters. The number of nitro groups is 1. The van der Waals surface area contributed by atoms with Gasteiger partial charge in [0.15, 0.2) is 0 Å². The quantitative estimate of drug-likeness (QED) is 0.483. The van der Waals surface area contributed by atoms with Crippen molar-refractivity contribution in [3.63, 3.8) is 0 Å². The number of nitrogens with zero attached hydrogens (tertiary/aromatic N) is 2. The van der Waals surface area contributed by atoms with Gasteiger partial charge in [-0.25, -0.2) is 4.39 Å². The maximum Gasteiger partial charge on any atom is 0.323 e. The van der Waals surface area contributed by atoms with E-state index in [2.05, 4.69) is 6.58 Å². The van der Waals surface area contributed by atoms with Gasteiger partial charge in [0.2, 0.25) is 0 Å². The Hall–Kier alpha value is -2.77. The van der Waals surface area contributed by atoms with Crippen LogP contribution in [0.3, 0.4) is 0 Å². The van der Waals surface area contributed by atoms with Gasteiger partial charge in [-0.1, -0.05) is 6.08 Å². The summed E-state index contributed by atoms with van der Waals surface area (Å²) in [7, 11) is 0. The molecule has 0 aliphatic carbocycles. The van der Waals surface area contributed by atoms with Crippen molar-refractivity contribution in [3.05, 3.63) is 52.3 Å². The Kier molecular flexibility index (Phi) is 4.90. The molecule has 1 rings (SSSR count). The van der Waals surface area contributed by atoms with E-state index in [0.717, 1.165) is 23.1 Å². The molecule has 0 aliphatic rings. The topological polar surface area (TPSA) is 101 Å². The van der Waals surface area contributed by atoms with Crippen LogP contribution in [-0.4, -0.2) is 39.9 Å². The van der Waals surface area contributed by atoms with E-state index in [1.54, 1.807) is 0 Å². The van der Waals surface area contributed by atoms with Gasteiger partial charge in [0, 0.05) is 18.7 Å². The van der Waals surface area contributed by atoms with Crippen molar-refractivity contribution < 1.29 is 24.0 Å². The Bertz CT molecular complexity index is 573. The number of amides is 1. The van der Waals surface area contributed by atoms with Gasteiger partial charge in [0.25, 0.3) is 11.6 Å². The minimum Gasteiger partial charge on any atom is -0.480 e. The summed E-state index contributed by atoms with van der Waals surface area (Å²) in [6.07, 6.45) is 1.27. The average molecular weight is 282 g/mol. The lowest BCUT2D eigenvalue weighted by atomic mass is 10.1. The molecule has 20 heavy (non-hydrogen) atoms. The summed E-state index contributed by atoms with van der Waals surface area (Å²) in [5, 5.41) is 19.3. The number of rotatable bonds is 6. The number of halogens is 1. The van der Waals surface area contributed by atoms with Crippen molar-refractivity contribution in [1.29, 1.82) is 0 Å². The van der Waals surface area contributed by atoms with Crippen LogP contribution in [0.5, 0.6) is 0 Å². The minimum atomic E-state index is -1.29. The van der Waals surface area contributed by atoms with Crippen molar-refractivity contribution >= 4 is 17.6 Å². The van der Waals surface area contributed by atoms with Crippen molar-refractivity contribution in [3.8, 4) is 0 Å². The summed E-state index contributed by atoms with van der Waals surface area (Å²) < 4.78 is 13.6. The van der Waals surface area contributed by atoms with E-state index in [1.807, 2.05) is 0 Å². The normalized spacial score (nSPS) is 9.85. The lowest BCUT2D eigenvalue weighted by Gasteiger charge is -2.18. The predicted octanol–water partition coefficient (Wildman–Crippen LogP) is 1.45. The Morgan fingerprint density at radius 2 is 2.15 bits per heavy atom. The van der Waals surface area contributed by atoms with E-state index < -0.39 is 40.4 Å². The molecule has 0 spiro atoms. The van der Waals surface area contributed by atoms with Gasteiger partial charge in [0.1, 0.15) is 12.4 Å². The van der Waals surface area contributed by atoms with E-state index in [0.29, 0.717) is 0 Å². The van der Waals surface area contributed by atoms with E-state index in [-0.39, 0.29) is 6.54 Å². The molecule has 1 aromatic rings. The first kappa shape index (κ1) is 15.3. The third-order valence-corrected chi connectivity index (χ3v) is 2.35. The Morgan fingerprint density at radius 1 is 1.50 bits per heavy atom. The molecule has 1 N–H and O–H groups in total. The predicted molar refractivity (Wildman–Crippen MR) is 66.8 cm³/mol. The van der Waals surface area contributed by atoms with Crippen LogP contribution in [0.25, 0.3) is 0 Å². The van der Waals surface area contributed by atoms with Gasteiger partial charge in [0.05, 0.1) is 10.5 Å². The minimum absolute atomic E-state index is 0.118. The van der Waals surface area contributed by atoms with E-state index in [1.165, 1.54) is 6.08 Å². The number of carboxylic acid groups (broad SMARTS) is 1. The zero-order valence-electron chi connectivity index (χ0n) is 10.3. The fourth-order valence-corrected chi connectivity index (χ4v) is 1.50. The highest BCUT2D eigenvalue weighted by atomic mass is 19.1. The summed E-state index contributed by atoms with van der Waals surface area (Å²) in [5.74, 6) is -3.19. The van der Waals surface area contributed by atoms with Crippen molar-refractivity contribution in [1.82, 2.24) is 4.90 Å². The van der Waals surface area contributed by atoms with Crippen LogP contribution in [0, 0.1) is 15.9 Å². The summed E-state index contributed by atoms with van der Waals surface area (Å²) >= 11 is 0. The van der Waals surface area contributed by atoms with Gasteiger partial charge in [-0.3, -0.25) is 19.7 Å². The second-order valence-corrected chi connectivity index (χ2v) is 3.79. The van der Waals surface area contributed by atoms with Crippen LogP contribution in [0.1, 0.15) is 10.4 Å². The number of benzene rings is 1. The molecule has 0 saturated carbocycles. The largest absolute Gasteiger partial charge is 0.480 e.